The average Bonchev–Trinajstić information content (AvgIpc) is 1.66. The Hall–Kier alpha value is -0.520. The molecule has 8 heavy (non-hydrogen) atoms. The molecule has 0 heterocycles. The van der Waals surface area contributed by atoms with Crippen LogP contribution in [-0.4, -0.2) is 0 Å². The molecule has 0 spiro atoms. The van der Waals surface area contributed by atoms with Crippen LogP contribution < -0.4 is 0 Å². The Morgan fingerprint density at radius 2 is 2.25 bits per heavy atom. The van der Waals surface area contributed by atoms with Crippen molar-refractivity contribution in [3.63, 3.8) is 0 Å². The van der Waals surface area contributed by atoms with Crippen LogP contribution in [0.1, 0.15) is 20.3 Å². The topological polar surface area (TPSA) is 0 Å². The molecule has 0 unspecified atom stereocenters. The maximum Gasteiger partial charge on any atom is 0.00713 e. The van der Waals surface area contributed by atoms with Gasteiger partial charge in [-0.15, -0.1) is 0 Å². The minimum absolute atomic E-state index is 1.10. The summed E-state index contributed by atoms with van der Waals surface area (Å²) in [6, 6.07) is 0. The van der Waals surface area contributed by atoms with Gasteiger partial charge in [-0.3, -0.25) is 0 Å². The molecule has 0 atom stereocenters. The molecular formula is C8H13. The van der Waals surface area contributed by atoms with Gasteiger partial charge in [0.05, 0.1) is 0 Å². The van der Waals surface area contributed by atoms with E-state index in [9.17, 15) is 0 Å². The molecule has 45 valence electrons. The van der Waals surface area contributed by atoms with Gasteiger partial charge in [-0.1, -0.05) is 31.2 Å². The van der Waals surface area contributed by atoms with Gasteiger partial charge in [0.25, 0.3) is 0 Å². The first-order valence-electron chi connectivity index (χ1n) is 2.92. The maximum atomic E-state index is 3.72. The summed E-state index contributed by atoms with van der Waals surface area (Å²) < 4.78 is 0. The summed E-state index contributed by atoms with van der Waals surface area (Å²) in [5.41, 5.74) is 1.11. The molecule has 0 aromatic carbocycles. The van der Waals surface area contributed by atoms with Crippen LogP contribution in [0.2, 0.25) is 0 Å². The number of allylic oxidation sites excluding steroid dienone is 3. The summed E-state index contributed by atoms with van der Waals surface area (Å²) in [4.78, 5) is 0. The van der Waals surface area contributed by atoms with E-state index in [1.54, 1.807) is 0 Å². The van der Waals surface area contributed by atoms with Crippen molar-refractivity contribution in [1.29, 1.82) is 0 Å². The Morgan fingerprint density at radius 3 is 2.62 bits per heavy atom. The average molecular weight is 109 g/mol. The highest BCUT2D eigenvalue weighted by Crippen LogP contribution is 1.94. The van der Waals surface area contributed by atoms with E-state index in [-0.39, 0.29) is 0 Å². The van der Waals surface area contributed by atoms with Crippen LogP contribution in [0.3, 0.4) is 0 Å². The Balaban J connectivity index is 3.16. The molecule has 0 bridgehead atoms. The van der Waals surface area contributed by atoms with E-state index in [4.69, 9.17) is 0 Å². The number of hydrogen-bond donors (Lipinski definition) is 0. The summed E-state index contributed by atoms with van der Waals surface area (Å²) in [5.74, 6) is 0. The lowest BCUT2D eigenvalue weighted by Crippen LogP contribution is -1.67. The van der Waals surface area contributed by atoms with Crippen LogP contribution in [0.5, 0.6) is 0 Å². The summed E-state index contributed by atoms with van der Waals surface area (Å²) in [7, 11) is 0. The van der Waals surface area contributed by atoms with E-state index in [0.717, 1.165) is 12.0 Å². The Morgan fingerprint density at radius 1 is 1.62 bits per heavy atom. The molecule has 0 saturated carbocycles. The molecule has 0 aromatic rings. The minimum Gasteiger partial charge on any atom is -0.0995 e. The van der Waals surface area contributed by atoms with Crippen molar-refractivity contribution in [2.45, 2.75) is 20.3 Å². The first kappa shape index (κ1) is 7.48. The van der Waals surface area contributed by atoms with E-state index >= 15 is 0 Å². The smallest absolute Gasteiger partial charge is 0.00713 e. The van der Waals surface area contributed by atoms with Crippen LogP contribution in [0.25, 0.3) is 0 Å². The predicted molar refractivity (Wildman–Crippen MR) is 38.5 cm³/mol. The summed E-state index contributed by atoms with van der Waals surface area (Å²) in [6.07, 6.45) is 7.24. The Labute approximate surface area is 51.9 Å². The zero-order valence-electron chi connectivity index (χ0n) is 5.65. The van der Waals surface area contributed by atoms with Gasteiger partial charge in [-0.25, -0.2) is 0 Å². The monoisotopic (exact) mass is 109 g/mol. The van der Waals surface area contributed by atoms with Gasteiger partial charge in [-0.05, 0) is 13.3 Å². The normalized spacial score (nSPS) is 10.2. The SMILES string of the molecule is C=C(C)[CH]C=CCC. The fourth-order valence-electron chi connectivity index (χ4n) is 0.368. The van der Waals surface area contributed by atoms with Crippen molar-refractivity contribution in [3.05, 3.63) is 30.7 Å². The van der Waals surface area contributed by atoms with Crippen molar-refractivity contribution in [3.8, 4) is 0 Å². The maximum absolute atomic E-state index is 3.72. The van der Waals surface area contributed by atoms with Gasteiger partial charge in [0.2, 0.25) is 0 Å². The highest BCUT2D eigenvalue weighted by molar-refractivity contribution is 5.14. The molecule has 0 aliphatic rings. The molecule has 1 radical (unpaired) electrons. The lowest BCUT2D eigenvalue weighted by molar-refractivity contribution is 1.22. The second-order valence-electron chi connectivity index (χ2n) is 1.85. The lowest BCUT2D eigenvalue weighted by atomic mass is 10.2. The van der Waals surface area contributed by atoms with Gasteiger partial charge in [0.1, 0.15) is 0 Å². The minimum atomic E-state index is 1.10. The second kappa shape index (κ2) is 4.63. The zero-order valence-corrected chi connectivity index (χ0v) is 5.65. The molecule has 0 fully saturated rings. The number of rotatable bonds is 3. The van der Waals surface area contributed by atoms with Gasteiger partial charge in [-0.2, -0.15) is 0 Å². The van der Waals surface area contributed by atoms with Crippen LogP contribution in [0, 0.1) is 6.42 Å². The summed E-state index contributed by atoms with van der Waals surface area (Å²) in [6.45, 7) is 7.82. The van der Waals surface area contributed by atoms with E-state index in [1.807, 2.05) is 19.4 Å². The van der Waals surface area contributed by atoms with Gasteiger partial charge >= 0.3 is 0 Å². The highest BCUT2D eigenvalue weighted by Gasteiger charge is 1.76. The van der Waals surface area contributed by atoms with Crippen molar-refractivity contribution in [2.75, 3.05) is 0 Å². The Bertz CT molecular complexity index is 88.2. The van der Waals surface area contributed by atoms with Crippen molar-refractivity contribution in [2.24, 2.45) is 0 Å². The largest absolute Gasteiger partial charge is 0.0995 e. The molecule has 0 rings (SSSR count). The van der Waals surface area contributed by atoms with Gasteiger partial charge in [0.15, 0.2) is 0 Å². The van der Waals surface area contributed by atoms with Crippen LogP contribution in [-0.2, 0) is 0 Å². The highest BCUT2D eigenvalue weighted by atomic mass is 13.8. The summed E-state index contributed by atoms with van der Waals surface area (Å²) in [5, 5.41) is 0. The second-order valence-corrected chi connectivity index (χ2v) is 1.85. The van der Waals surface area contributed by atoms with E-state index < -0.39 is 0 Å². The fourth-order valence-corrected chi connectivity index (χ4v) is 0.368. The van der Waals surface area contributed by atoms with Crippen LogP contribution in [0.15, 0.2) is 24.3 Å². The van der Waals surface area contributed by atoms with Crippen molar-refractivity contribution in [1.82, 2.24) is 0 Å². The molecule has 0 aliphatic heterocycles. The standard InChI is InChI=1S/C8H13/c1-4-5-6-7-8(2)3/h5-7H,2,4H2,1,3H3. The third kappa shape index (κ3) is 5.48. The van der Waals surface area contributed by atoms with E-state index in [2.05, 4.69) is 19.6 Å². The first-order valence-corrected chi connectivity index (χ1v) is 2.92. The molecule has 0 heteroatoms. The Kier molecular flexibility index (Phi) is 4.33. The lowest BCUT2D eigenvalue weighted by Gasteiger charge is -1.85. The van der Waals surface area contributed by atoms with Crippen molar-refractivity contribution < 1.29 is 0 Å². The van der Waals surface area contributed by atoms with Crippen molar-refractivity contribution >= 4 is 0 Å². The molecule has 0 N–H and O–H groups in total. The quantitative estimate of drug-likeness (QED) is 0.522. The third-order valence-corrected chi connectivity index (χ3v) is 0.753. The predicted octanol–water partition coefficient (Wildman–Crippen LogP) is 2.73. The number of hydrogen-bond acceptors (Lipinski definition) is 0. The molecule has 0 saturated heterocycles. The molecule has 0 nitrogen and oxygen atoms in total. The fraction of sp³-hybridized carbons (Fsp3) is 0.375. The van der Waals surface area contributed by atoms with Gasteiger partial charge < -0.3 is 0 Å². The van der Waals surface area contributed by atoms with Gasteiger partial charge in [0, 0.05) is 6.42 Å². The molecule has 0 amide bonds. The zero-order chi connectivity index (χ0) is 6.41. The van der Waals surface area contributed by atoms with E-state index in [0.29, 0.717) is 0 Å². The molecule has 0 aliphatic carbocycles. The van der Waals surface area contributed by atoms with E-state index in [1.165, 1.54) is 0 Å². The van der Waals surface area contributed by atoms with Crippen LogP contribution in [0.4, 0.5) is 0 Å². The van der Waals surface area contributed by atoms with Crippen LogP contribution >= 0.6 is 0 Å². The third-order valence-electron chi connectivity index (χ3n) is 0.753. The summed E-state index contributed by atoms with van der Waals surface area (Å²) >= 11 is 0. The molecule has 0 aromatic heterocycles. The first-order chi connectivity index (χ1) is 3.77. The molecular weight excluding hydrogens is 96.1 g/mol.